The first-order valence-corrected chi connectivity index (χ1v) is 6.55. The molecule has 2 rings (SSSR count). The van der Waals surface area contributed by atoms with Crippen LogP contribution in [0.3, 0.4) is 0 Å². The van der Waals surface area contributed by atoms with Crippen LogP contribution < -0.4 is 5.32 Å². The van der Waals surface area contributed by atoms with Crippen LogP contribution in [-0.2, 0) is 16.1 Å². The highest BCUT2D eigenvalue weighted by atomic mass is 16.5. The number of aromatic nitrogens is 1. The van der Waals surface area contributed by atoms with E-state index in [0.717, 1.165) is 0 Å². The maximum Gasteiger partial charge on any atom is 0.246 e. The Morgan fingerprint density at radius 1 is 1.47 bits per heavy atom. The van der Waals surface area contributed by atoms with E-state index in [9.17, 15) is 9.59 Å². The summed E-state index contributed by atoms with van der Waals surface area (Å²) >= 11 is 0. The van der Waals surface area contributed by atoms with E-state index in [1.54, 1.807) is 11.0 Å². The second-order valence-electron chi connectivity index (χ2n) is 5.10. The summed E-state index contributed by atoms with van der Waals surface area (Å²) in [7, 11) is 0. The van der Waals surface area contributed by atoms with Crippen LogP contribution in [0.25, 0.3) is 0 Å². The van der Waals surface area contributed by atoms with E-state index in [4.69, 9.17) is 4.52 Å². The zero-order chi connectivity index (χ0) is 14.0. The SMILES string of the molecule is CCC1NC(=O)C(C(C)C)N(Cc2ccno2)C1=O. The van der Waals surface area contributed by atoms with Crippen molar-refractivity contribution in [2.75, 3.05) is 0 Å². The first kappa shape index (κ1) is 13.6. The third-order valence-electron chi connectivity index (χ3n) is 3.36. The summed E-state index contributed by atoms with van der Waals surface area (Å²) in [5, 5.41) is 6.41. The molecule has 104 valence electrons. The van der Waals surface area contributed by atoms with E-state index < -0.39 is 12.1 Å². The van der Waals surface area contributed by atoms with Crippen LogP contribution in [0.5, 0.6) is 0 Å². The van der Waals surface area contributed by atoms with Crippen LogP contribution >= 0.6 is 0 Å². The van der Waals surface area contributed by atoms with Crippen LogP contribution in [0.2, 0.25) is 0 Å². The van der Waals surface area contributed by atoms with E-state index in [1.807, 2.05) is 20.8 Å². The minimum absolute atomic E-state index is 0.0460. The number of hydrogen-bond acceptors (Lipinski definition) is 4. The van der Waals surface area contributed by atoms with Gasteiger partial charge in [-0.25, -0.2) is 0 Å². The molecule has 0 aliphatic carbocycles. The number of hydrogen-bond donors (Lipinski definition) is 1. The molecule has 19 heavy (non-hydrogen) atoms. The van der Waals surface area contributed by atoms with Crippen molar-refractivity contribution in [3.05, 3.63) is 18.0 Å². The number of nitrogens with zero attached hydrogens (tertiary/aromatic N) is 2. The lowest BCUT2D eigenvalue weighted by Crippen LogP contribution is -2.64. The van der Waals surface area contributed by atoms with Crippen LogP contribution in [0.15, 0.2) is 16.8 Å². The topological polar surface area (TPSA) is 75.4 Å². The average Bonchev–Trinajstić information content (AvgIpc) is 2.85. The summed E-state index contributed by atoms with van der Waals surface area (Å²) in [5.74, 6) is 0.478. The van der Waals surface area contributed by atoms with Gasteiger partial charge >= 0.3 is 0 Å². The van der Waals surface area contributed by atoms with E-state index in [0.29, 0.717) is 12.2 Å². The van der Waals surface area contributed by atoms with Gasteiger partial charge in [-0.2, -0.15) is 0 Å². The molecule has 0 bridgehead atoms. The van der Waals surface area contributed by atoms with Gasteiger partial charge in [-0.15, -0.1) is 0 Å². The average molecular weight is 265 g/mol. The van der Waals surface area contributed by atoms with Gasteiger partial charge in [-0.05, 0) is 12.3 Å². The molecular formula is C13H19N3O3. The van der Waals surface area contributed by atoms with Crippen molar-refractivity contribution in [2.24, 2.45) is 5.92 Å². The molecule has 2 heterocycles. The van der Waals surface area contributed by atoms with E-state index in [1.165, 1.54) is 6.20 Å². The van der Waals surface area contributed by atoms with Crippen molar-refractivity contribution in [2.45, 2.75) is 45.8 Å². The normalized spacial score (nSPS) is 23.9. The molecule has 0 saturated carbocycles. The molecule has 1 aromatic heterocycles. The molecule has 0 aromatic carbocycles. The van der Waals surface area contributed by atoms with Gasteiger partial charge in [-0.3, -0.25) is 9.59 Å². The van der Waals surface area contributed by atoms with Gasteiger partial charge in [0.05, 0.1) is 12.7 Å². The summed E-state index contributed by atoms with van der Waals surface area (Å²) in [6.45, 7) is 6.02. The summed E-state index contributed by atoms with van der Waals surface area (Å²) in [4.78, 5) is 26.1. The first-order chi connectivity index (χ1) is 9.04. The Morgan fingerprint density at radius 2 is 2.21 bits per heavy atom. The molecule has 2 amide bonds. The van der Waals surface area contributed by atoms with Crippen LogP contribution in [0.1, 0.15) is 33.0 Å². The Bertz CT molecular complexity index is 456. The summed E-state index contributed by atoms with van der Waals surface area (Å²) in [6.07, 6.45) is 2.12. The van der Waals surface area contributed by atoms with Crippen molar-refractivity contribution in [3.63, 3.8) is 0 Å². The number of carbonyl (C=O) groups is 2. The molecule has 1 saturated heterocycles. The number of rotatable bonds is 4. The highest BCUT2D eigenvalue weighted by molar-refractivity contribution is 5.97. The third kappa shape index (κ3) is 2.62. The van der Waals surface area contributed by atoms with Crippen molar-refractivity contribution < 1.29 is 14.1 Å². The molecule has 1 aromatic rings. The standard InChI is InChI=1S/C13H19N3O3/c1-4-10-13(18)16(7-9-5-6-14-19-9)11(8(2)3)12(17)15-10/h5-6,8,10-11H,4,7H2,1-3H3,(H,15,17). The van der Waals surface area contributed by atoms with Gasteiger partial charge in [0, 0.05) is 6.07 Å². The molecule has 6 nitrogen and oxygen atoms in total. The molecular weight excluding hydrogens is 246 g/mol. The molecule has 6 heteroatoms. The Kier molecular flexibility index (Phi) is 3.87. The Hall–Kier alpha value is -1.85. The molecule has 0 spiro atoms. The molecule has 1 aliphatic rings. The highest BCUT2D eigenvalue weighted by Gasteiger charge is 2.41. The van der Waals surface area contributed by atoms with Crippen molar-refractivity contribution in [1.82, 2.24) is 15.4 Å². The van der Waals surface area contributed by atoms with E-state index >= 15 is 0 Å². The summed E-state index contributed by atoms with van der Waals surface area (Å²) < 4.78 is 5.04. The highest BCUT2D eigenvalue weighted by Crippen LogP contribution is 2.21. The zero-order valence-electron chi connectivity index (χ0n) is 11.4. The fourth-order valence-corrected chi connectivity index (χ4v) is 2.40. The smallest absolute Gasteiger partial charge is 0.246 e. The van der Waals surface area contributed by atoms with Gasteiger partial charge in [0.25, 0.3) is 0 Å². The van der Waals surface area contributed by atoms with Crippen LogP contribution in [0, 0.1) is 5.92 Å². The fraction of sp³-hybridized carbons (Fsp3) is 0.615. The number of nitrogens with one attached hydrogen (secondary N) is 1. The minimum Gasteiger partial charge on any atom is -0.360 e. The quantitative estimate of drug-likeness (QED) is 0.879. The maximum absolute atomic E-state index is 12.4. The number of carbonyl (C=O) groups excluding carboxylic acids is 2. The van der Waals surface area contributed by atoms with E-state index in [2.05, 4.69) is 10.5 Å². The van der Waals surface area contributed by atoms with Gasteiger partial charge in [-0.1, -0.05) is 25.9 Å². The first-order valence-electron chi connectivity index (χ1n) is 6.55. The third-order valence-corrected chi connectivity index (χ3v) is 3.36. The van der Waals surface area contributed by atoms with Crippen LogP contribution in [0.4, 0.5) is 0 Å². The molecule has 2 unspecified atom stereocenters. The zero-order valence-corrected chi connectivity index (χ0v) is 11.4. The lowest BCUT2D eigenvalue weighted by Gasteiger charge is -2.40. The Labute approximate surface area is 112 Å². The molecule has 0 radical (unpaired) electrons. The van der Waals surface area contributed by atoms with Crippen LogP contribution in [-0.4, -0.2) is 34.0 Å². The number of amides is 2. The summed E-state index contributed by atoms with van der Waals surface area (Å²) in [5.41, 5.74) is 0. The number of piperazine rings is 1. The Balaban J connectivity index is 2.26. The Morgan fingerprint density at radius 3 is 2.74 bits per heavy atom. The molecule has 2 atom stereocenters. The second kappa shape index (κ2) is 5.42. The lowest BCUT2D eigenvalue weighted by molar-refractivity contribution is -0.152. The van der Waals surface area contributed by atoms with E-state index in [-0.39, 0.29) is 24.3 Å². The molecule has 1 fully saturated rings. The predicted octanol–water partition coefficient (Wildman–Crippen LogP) is 0.936. The van der Waals surface area contributed by atoms with Gasteiger partial charge in [0.2, 0.25) is 11.8 Å². The molecule has 1 N–H and O–H groups in total. The van der Waals surface area contributed by atoms with Gasteiger partial charge < -0.3 is 14.7 Å². The van der Waals surface area contributed by atoms with Gasteiger partial charge in [0.1, 0.15) is 12.1 Å². The lowest BCUT2D eigenvalue weighted by atomic mass is 9.96. The minimum atomic E-state index is -0.458. The van der Waals surface area contributed by atoms with Gasteiger partial charge in [0.15, 0.2) is 5.76 Å². The van der Waals surface area contributed by atoms with Crippen molar-refractivity contribution in [3.8, 4) is 0 Å². The predicted molar refractivity (Wildman–Crippen MR) is 67.9 cm³/mol. The largest absolute Gasteiger partial charge is 0.360 e. The summed E-state index contributed by atoms with van der Waals surface area (Å²) in [6, 6.07) is 0.809. The second-order valence-corrected chi connectivity index (χ2v) is 5.10. The fourth-order valence-electron chi connectivity index (χ4n) is 2.40. The molecule has 1 aliphatic heterocycles. The maximum atomic E-state index is 12.4. The van der Waals surface area contributed by atoms with Crippen molar-refractivity contribution in [1.29, 1.82) is 0 Å². The van der Waals surface area contributed by atoms with Crippen molar-refractivity contribution >= 4 is 11.8 Å². The monoisotopic (exact) mass is 265 g/mol.